The Morgan fingerprint density at radius 2 is 1.75 bits per heavy atom. The number of pyridine rings is 1. The van der Waals surface area contributed by atoms with Gasteiger partial charge in [0.15, 0.2) is 0 Å². The number of carbonyl (C=O) groups is 2. The first-order valence-corrected chi connectivity index (χ1v) is 11.6. The van der Waals surface area contributed by atoms with Crippen LogP contribution in [0.2, 0.25) is 0 Å². The molecule has 2 aromatic rings. The second-order valence-electron chi connectivity index (χ2n) is 8.97. The molecule has 3 fully saturated rings. The highest BCUT2D eigenvalue weighted by atomic mass is 16.5. The van der Waals surface area contributed by atoms with Crippen LogP contribution in [0, 0.1) is 0 Å². The van der Waals surface area contributed by atoms with Gasteiger partial charge in [0.25, 0.3) is 0 Å². The van der Waals surface area contributed by atoms with Gasteiger partial charge >= 0.3 is 6.03 Å². The molecule has 32 heavy (non-hydrogen) atoms. The molecule has 5 rings (SSSR count). The standard InChI is InChI=1S/C25H30N4O3/c30-24-18-28(25(31)29(24)17-22-11-14-32-22)15-19-7-9-20(10-8-19)23-6-4-5-21(26-23)16-27-12-2-1-3-13-27/h4-10,22H,1-3,11-18H2. The van der Waals surface area contributed by atoms with Crippen molar-refractivity contribution in [3.05, 3.63) is 53.7 Å². The number of hydrogen-bond donors (Lipinski definition) is 0. The van der Waals surface area contributed by atoms with E-state index >= 15 is 0 Å². The zero-order valence-corrected chi connectivity index (χ0v) is 18.4. The van der Waals surface area contributed by atoms with Crippen LogP contribution < -0.4 is 0 Å². The maximum atomic E-state index is 12.6. The van der Waals surface area contributed by atoms with Gasteiger partial charge in [0.05, 0.1) is 24.0 Å². The molecular weight excluding hydrogens is 404 g/mol. The summed E-state index contributed by atoms with van der Waals surface area (Å²) in [7, 11) is 0. The Bertz CT molecular complexity index is 967. The van der Waals surface area contributed by atoms with Crippen LogP contribution in [-0.4, -0.2) is 70.5 Å². The normalized spacial score (nSPS) is 21.8. The SMILES string of the molecule is O=C1CN(Cc2ccc(-c3cccc(CN4CCCCC4)n3)cc2)C(=O)N1CC1CCO1. The number of nitrogens with zero attached hydrogens (tertiary/aromatic N) is 4. The molecule has 7 nitrogen and oxygen atoms in total. The Labute approximate surface area is 189 Å². The summed E-state index contributed by atoms with van der Waals surface area (Å²) in [4.78, 5) is 35.2. The van der Waals surface area contributed by atoms with Crippen LogP contribution in [0.5, 0.6) is 0 Å². The Morgan fingerprint density at radius 3 is 2.47 bits per heavy atom. The Hall–Kier alpha value is -2.77. The predicted molar refractivity (Wildman–Crippen MR) is 121 cm³/mol. The summed E-state index contributed by atoms with van der Waals surface area (Å²) in [5.41, 5.74) is 4.12. The smallest absolute Gasteiger partial charge is 0.327 e. The highest BCUT2D eigenvalue weighted by molar-refractivity contribution is 6.02. The maximum absolute atomic E-state index is 12.6. The van der Waals surface area contributed by atoms with Gasteiger partial charge in [0.2, 0.25) is 5.91 Å². The van der Waals surface area contributed by atoms with Gasteiger partial charge in [-0.05, 0) is 50.0 Å². The number of likely N-dealkylation sites (tertiary alicyclic amines) is 1. The minimum absolute atomic E-state index is 0.000287. The number of rotatable bonds is 7. The van der Waals surface area contributed by atoms with Crippen LogP contribution in [-0.2, 0) is 22.6 Å². The number of benzene rings is 1. The van der Waals surface area contributed by atoms with Crippen molar-refractivity contribution in [1.29, 1.82) is 0 Å². The molecule has 0 radical (unpaired) electrons. The van der Waals surface area contributed by atoms with Gasteiger partial charge in [-0.25, -0.2) is 4.79 Å². The zero-order valence-electron chi connectivity index (χ0n) is 18.4. The van der Waals surface area contributed by atoms with Crippen molar-refractivity contribution in [1.82, 2.24) is 19.7 Å². The molecule has 3 amide bonds. The highest BCUT2D eigenvalue weighted by Gasteiger charge is 2.38. The molecule has 1 aromatic carbocycles. The molecule has 0 bridgehead atoms. The van der Waals surface area contributed by atoms with Crippen LogP contribution in [0.3, 0.4) is 0 Å². The van der Waals surface area contributed by atoms with Crippen molar-refractivity contribution in [3.8, 4) is 11.3 Å². The average molecular weight is 435 g/mol. The van der Waals surface area contributed by atoms with Gasteiger partial charge in [-0.3, -0.25) is 19.6 Å². The van der Waals surface area contributed by atoms with Crippen molar-refractivity contribution in [2.24, 2.45) is 0 Å². The molecule has 3 aliphatic heterocycles. The van der Waals surface area contributed by atoms with E-state index in [0.29, 0.717) is 19.7 Å². The fraction of sp³-hybridized carbons (Fsp3) is 0.480. The van der Waals surface area contributed by atoms with Gasteiger partial charge in [-0.1, -0.05) is 36.8 Å². The molecule has 0 N–H and O–H groups in total. The molecule has 3 saturated heterocycles. The Balaban J connectivity index is 1.21. The number of aromatic nitrogens is 1. The van der Waals surface area contributed by atoms with Gasteiger partial charge in [-0.15, -0.1) is 0 Å². The second kappa shape index (κ2) is 9.38. The van der Waals surface area contributed by atoms with Gasteiger partial charge in [0, 0.05) is 25.3 Å². The first-order valence-electron chi connectivity index (χ1n) is 11.6. The molecule has 0 spiro atoms. The number of imide groups is 1. The third-order valence-corrected chi connectivity index (χ3v) is 6.57. The van der Waals surface area contributed by atoms with E-state index in [1.165, 1.54) is 24.2 Å². The second-order valence-corrected chi connectivity index (χ2v) is 8.97. The minimum Gasteiger partial charge on any atom is -0.376 e. The molecule has 1 aromatic heterocycles. The van der Waals surface area contributed by atoms with Gasteiger partial charge < -0.3 is 9.64 Å². The van der Waals surface area contributed by atoms with Crippen LogP contribution >= 0.6 is 0 Å². The van der Waals surface area contributed by atoms with E-state index in [1.54, 1.807) is 4.90 Å². The zero-order chi connectivity index (χ0) is 21.9. The lowest BCUT2D eigenvalue weighted by Crippen LogP contribution is -2.43. The number of urea groups is 1. The molecule has 1 atom stereocenters. The topological polar surface area (TPSA) is 66.0 Å². The van der Waals surface area contributed by atoms with E-state index in [1.807, 2.05) is 30.3 Å². The summed E-state index contributed by atoms with van der Waals surface area (Å²) in [6.45, 7) is 4.86. The molecule has 3 aliphatic rings. The summed E-state index contributed by atoms with van der Waals surface area (Å²) in [5, 5.41) is 0. The molecule has 0 aliphatic carbocycles. The van der Waals surface area contributed by atoms with E-state index in [0.717, 1.165) is 48.6 Å². The number of amides is 3. The van der Waals surface area contributed by atoms with Gasteiger partial charge in [-0.2, -0.15) is 0 Å². The minimum atomic E-state index is -0.221. The van der Waals surface area contributed by atoms with Crippen molar-refractivity contribution >= 4 is 11.9 Å². The third-order valence-electron chi connectivity index (χ3n) is 6.57. The van der Waals surface area contributed by atoms with Crippen molar-refractivity contribution in [3.63, 3.8) is 0 Å². The summed E-state index contributed by atoms with van der Waals surface area (Å²) < 4.78 is 5.38. The first kappa shape index (κ1) is 21.1. The highest BCUT2D eigenvalue weighted by Crippen LogP contribution is 2.22. The molecule has 1 unspecified atom stereocenters. The fourth-order valence-corrected chi connectivity index (χ4v) is 4.61. The quantitative estimate of drug-likeness (QED) is 0.626. The van der Waals surface area contributed by atoms with Crippen LogP contribution in [0.25, 0.3) is 11.3 Å². The lowest BCUT2D eigenvalue weighted by molar-refractivity contribution is -0.129. The molecule has 0 saturated carbocycles. The third kappa shape index (κ3) is 4.69. The Kier molecular flexibility index (Phi) is 6.19. The summed E-state index contributed by atoms with van der Waals surface area (Å²) in [6.07, 6.45) is 4.79. The Morgan fingerprint density at radius 1 is 0.969 bits per heavy atom. The van der Waals surface area contributed by atoms with E-state index < -0.39 is 0 Å². The van der Waals surface area contributed by atoms with E-state index in [2.05, 4.69) is 17.0 Å². The number of carbonyl (C=O) groups excluding carboxylic acids is 2. The number of piperidine rings is 1. The summed E-state index contributed by atoms with van der Waals surface area (Å²) >= 11 is 0. The van der Waals surface area contributed by atoms with Crippen molar-refractivity contribution in [2.45, 2.75) is 44.9 Å². The lowest BCUT2D eigenvalue weighted by atomic mass is 10.1. The number of hydrogen-bond acceptors (Lipinski definition) is 5. The fourth-order valence-electron chi connectivity index (χ4n) is 4.61. The monoisotopic (exact) mass is 434 g/mol. The van der Waals surface area contributed by atoms with Crippen LogP contribution in [0.15, 0.2) is 42.5 Å². The molecule has 4 heterocycles. The summed E-state index contributed by atoms with van der Waals surface area (Å²) in [5.74, 6) is -0.142. The van der Waals surface area contributed by atoms with Crippen LogP contribution in [0.1, 0.15) is 36.9 Å². The lowest BCUT2D eigenvalue weighted by Gasteiger charge is -2.29. The van der Waals surface area contributed by atoms with Crippen LogP contribution in [0.4, 0.5) is 4.79 Å². The molecular formula is C25H30N4O3. The van der Waals surface area contributed by atoms with E-state index in [-0.39, 0.29) is 24.6 Å². The summed E-state index contributed by atoms with van der Waals surface area (Å²) in [6, 6.07) is 14.1. The average Bonchev–Trinajstić information content (AvgIpc) is 3.04. The maximum Gasteiger partial charge on any atom is 0.327 e. The largest absolute Gasteiger partial charge is 0.376 e. The van der Waals surface area contributed by atoms with E-state index in [4.69, 9.17) is 9.72 Å². The van der Waals surface area contributed by atoms with Crippen molar-refractivity contribution in [2.75, 3.05) is 32.8 Å². The predicted octanol–water partition coefficient (Wildman–Crippen LogP) is 3.29. The number of ether oxygens (including phenoxy) is 1. The van der Waals surface area contributed by atoms with E-state index in [9.17, 15) is 9.59 Å². The molecule has 168 valence electrons. The van der Waals surface area contributed by atoms with Crippen molar-refractivity contribution < 1.29 is 14.3 Å². The first-order chi connectivity index (χ1) is 15.7. The van der Waals surface area contributed by atoms with Gasteiger partial charge in [0.1, 0.15) is 6.54 Å². The molecule has 7 heteroatoms.